The molecule has 1 atom stereocenters. The summed E-state index contributed by atoms with van der Waals surface area (Å²) in [6.07, 6.45) is 0.600. The minimum absolute atomic E-state index is 0.0614. The van der Waals surface area contributed by atoms with E-state index in [1.165, 1.54) is 12.1 Å². The van der Waals surface area contributed by atoms with Gasteiger partial charge in [-0.2, -0.15) is 0 Å². The topological polar surface area (TPSA) is 93.7 Å². The van der Waals surface area contributed by atoms with Crippen LogP contribution in [0.4, 0.5) is 0 Å². The first kappa shape index (κ1) is 21.7. The van der Waals surface area contributed by atoms with Crippen molar-refractivity contribution in [3.63, 3.8) is 0 Å². The van der Waals surface area contributed by atoms with Crippen molar-refractivity contribution in [3.05, 3.63) is 63.6 Å². The number of primary sulfonamides is 1. The van der Waals surface area contributed by atoms with Crippen molar-refractivity contribution in [3.8, 4) is 0 Å². The Balaban J connectivity index is 1.76. The SMILES string of the molecule is C[NH+](CC(=O)NCCc1ccc(S(N)(=O)=O)cc1)Cc1ccc(Cl)c(Cl)c1. The zero-order valence-electron chi connectivity index (χ0n) is 14.8. The van der Waals surface area contributed by atoms with E-state index < -0.39 is 10.0 Å². The molecule has 0 radical (unpaired) electrons. The molecule has 9 heteroatoms. The van der Waals surface area contributed by atoms with Crippen molar-refractivity contribution < 1.29 is 18.1 Å². The number of quaternary nitrogens is 1. The summed E-state index contributed by atoms with van der Waals surface area (Å²) >= 11 is 11.9. The van der Waals surface area contributed by atoms with E-state index in [1.807, 2.05) is 13.1 Å². The molecule has 0 saturated heterocycles. The Morgan fingerprint density at radius 1 is 1.07 bits per heavy atom. The van der Waals surface area contributed by atoms with Gasteiger partial charge in [0, 0.05) is 12.1 Å². The van der Waals surface area contributed by atoms with Gasteiger partial charge in [-0.25, -0.2) is 13.6 Å². The van der Waals surface area contributed by atoms with Gasteiger partial charge >= 0.3 is 0 Å². The summed E-state index contributed by atoms with van der Waals surface area (Å²) in [6.45, 7) is 1.44. The Bertz CT molecular complexity index is 903. The summed E-state index contributed by atoms with van der Waals surface area (Å²) in [5, 5.41) is 8.93. The average Bonchev–Trinajstić information content (AvgIpc) is 2.57. The lowest BCUT2D eigenvalue weighted by atomic mass is 10.1. The van der Waals surface area contributed by atoms with Crippen LogP contribution in [0.25, 0.3) is 0 Å². The number of benzene rings is 2. The van der Waals surface area contributed by atoms with E-state index in [-0.39, 0.29) is 10.8 Å². The predicted octanol–water partition coefficient (Wildman–Crippen LogP) is 1.01. The van der Waals surface area contributed by atoms with Crippen LogP contribution < -0.4 is 15.4 Å². The molecule has 0 saturated carbocycles. The van der Waals surface area contributed by atoms with Crippen LogP contribution in [0.3, 0.4) is 0 Å². The second kappa shape index (κ2) is 9.52. The predicted molar refractivity (Wildman–Crippen MR) is 106 cm³/mol. The Kier molecular flexibility index (Phi) is 7.64. The van der Waals surface area contributed by atoms with Gasteiger partial charge in [0.1, 0.15) is 6.54 Å². The standard InChI is InChI=1S/C18H21Cl2N3O3S/c1-23(11-14-4-7-16(19)17(20)10-14)12-18(24)22-9-8-13-2-5-15(6-3-13)27(21,25)26/h2-7,10H,8-9,11-12H2,1H3,(H,22,24)(H2,21,25,26)/p+1. The van der Waals surface area contributed by atoms with E-state index in [2.05, 4.69) is 5.32 Å². The molecule has 27 heavy (non-hydrogen) atoms. The average molecular weight is 431 g/mol. The molecular formula is C18H22Cl2N3O3S+. The summed E-state index contributed by atoms with van der Waals surface area (Å²) in [7, 11) is -1.76. The molecule has 0 aliphatic rings. The van der Waals surface area contributed by atoms with E-state index >= 15 is 0 Å². The molecule has 0 bridgehead atoms. The molecular weight excluding hydrogens is 409 g/mol. The number of likely N-dealkylation sites (N-methyl/N-ethyl adjacent to an activating group) is 1. The quantitative estimate of drug-likeness (QED) is 0.583. The lowest BCUT2D eigenvalue weighted by Crippen LogP contribution is -3.08. The smallest absolute Gasteiger partial charge is 0.275 e. The summed E-state index contributed by atoms with van der Waals surface area (Å²) in [5.41, 5.74) is 1.92. The molecule has 6 nitrogen and oxygen atoms in total. The van der Waals surface area contributed by atoms with E-state index in [4.69, 9.17) is 28.3 Å². The highest BCUT2D eigenvalue weighted by Crippen LogP contribution is 2.22. The molecule has 2 rings (SSSR count). The zero-order chi connectivity index (χ0) is 20.0. The van der Waals surface area contributed by atoms with Crippen LogP contribution in [0.15, 0.2) is 47.4 Å². The minimum atomic E-state index is -3.69. The highest BCUT2D eigenvalue weighted by atomic mass is 35.5. The van der Waals surface area contributed by atoms with Gasteiger partial charge in [0.2, 0.25) is 10.0 Å². The number of nitrogens with one attached hydrogen (secondary N) is 2. The fraction of sp³-hybridized carbons (Fsp3) is 0.278. The lowest BCUT2D eigenvalue weighted by molar-refractivity contribution is -0.885. The van der Waals surface area contributed by atoms with Crippen molar-refractivity contribution in [1.29, 1.82) is 0 Å². The number of sulfonamides is 1. The minimum Gasteiger partial charge on any atom is -0.351 e. The maximum absolute atomic E-state index is 12.1. The van der Waals surface area contributed by atoms with Crippen molar-refractivity contribution in [2.75, 3.05) is 20.1 Å². The van der Waals surface area contributed by atoms with Crippen molar-refractivity contribution in [2.45, 2.75) is 17.9 Å². The Morgan fingerprint density at radius 2 is 1.70 bits per heavy atom. The van der Waals surface area contributed by atoms with Gasteiger partial charge in [-0.3, -0.25) is 4.79 Å². The van der Waals surface area contributed by atoms with E-state index in [1.54, 1.807) is 24.3 Å². The third kappa shape index (κ3) is 7.12. The molecule has 0 fully saturated rings. The summed E-state index contributed by atoms with van der Waals surface area (Å²) in [5.74, 6) is -0.0614. The summed E-state index contributed by atoms with van der Waals surface area (Å²) in [6, 6.07) is 11.7. The van der Waals surface area contributed by atoms with Crippen LogP contribution in [0, 0.1) is 0 Å². The van der Waals surface area contributed by atoms with Crippen molar-refractivity contribution >= 4 is 39.1 Å². The molecule has 2 aromatic rings. The third-order valence-corrected chi connectivity index (χ3v) is 5.61. The Labute approximate surface area is 169 Å². The second-order valence-electron chi connectivity index (χ2n) is 6.35. The molecule has 0 aromatic heterocycles. The van der Waals surface area contributed by atoms with Gasteiger partial charge < -0.3 is 10.2 Å². The zero-order valence-corrected chi connectivity index (χ0v) is 17.2. The van der Waals surface area contributed by atoms with Crippen LogP contribution >= 0.6 is 23.2 Å². The van der Waals surface area contributed by atoms with Gasteiger partial charge in [-0.1, -0.05) is 41.4 Å². The van der Waals surface area contributed by atoms with Crippen molar-refractivity contribution in [2.24, 2.45) is 5.14 Å². The van der Waals surface area contributed by atoms with Crippen LogP contribution in [0.5, 0.6) is 0 Å². The van der Waals surface area contributed by atoms with Crippen LogP contribution in [-0.4, -0.2) is 34.5 Å². The number of rotatable bonds is 8. The number of hydrogen-bond donors (Lipinski definition) is 3. The fourth-order valence-electron chi connectivity index (χ4n) is 2.59. The number of carbonyl (C=O) groups excluding carboxylic acids is 1. The van der Waals surface area contributed by atoms with Gasteiger partial charge in [0.05, 0.1) is 22.0 Å². The van der Waals surface area contributed by atoms with Gasteiger partial charge in [0.15, 0.2) is 6.54 Å². The van der Waals surface area contributed by atoms with Crippen molar-refractivity contribution in [1.82, 2.24) is 5.32 Å². The van der Waals surface area contributed by atoms with Crippen LogP contribution in [-0.2, 0) is 27.8 Å². The largest absolute Gasteiger partial charge is 0.351 e. The first-order chi connectivity index (χ1) is 12.6. The molecule has 1 unspecified atom stereocenters. The number of amides is 1. The molecule has 0 aliphatic heterocycles. The number of nitrogens with two attached hydrogens (primary N) is 1. The molecule has 146 valence electrons. The monoisotopic (exact) mass is 430 g/mol. The first-order valence-corrected chi connectivity index (χ1v) is 10.6. The second-order valence-corrected chi connectivity index (χ2v) is 8.72. The number of carbonyl (C=O) groups is 1. The van der Waals surface area contributed by atoms with E-state index in [0.717, 1.165) is 16.0 Å². The van der Waals surface area contributed by atoms with Gasteiger partial charge in [0.25, 0.3) is 5.91 Å². The molecule has 0 aliphatic carbocycles. The van der Waals surface area contributed by atoms with Gasteiger partial charge in [-0.05, 0) is 36.2 Å². The highest BCUT2D eigenvalue weighted by Gasteiger charge is 2.11. The number of hydrogen-bond acceptors (Lipinski definition) is 3. The molecule has 1 amide bonds. The Morgan fingerprint density at radius 3 is 2.30 bits per heavy atom. The number of halogens is 2. The highest BCUT2D eigenvalue weighted by molar-refractivity contribution is 7.89. The normalized spacial score (nSPS) is 12.6. The molecule has 4 N–H and O–H groups in total. The fourth-order valence-corrected chi connectivity index (χ4v) is 3.43. The van der Waals surface area contributed by atoms with Gasteiger partial charge in [-0.15, -0.1) is 0 Å². The molecule has 0 spiro atoms. The Hall–Kier alpha value is -1.64. The van der Waals surface area contributed by atoms with E-state index in [9.17, 15) is 13.2 Å². The first-order valence-electron chi connectivity index (χ1n) is 8.29. The third-order valence-electron chi connectivity index (χ3n) is 3.94. The lowest BCUT2D eigenvalue weighted by Gasteiger charge is -2.14. The van der Waals surface area contributed by atoms with E-state index in [0.29, 0.717) is 36.1 Å². The summed E-state index contributed by atoms with van der Waals surface area (Å²) < 4.78 is 22.4. The molecule has 2 aromatic carbocycles. The van der Waals surface area contributed by atoms with Crippen LogP contribution in [0.1, 0.15) is 11.1 Å². The molecule has 0 heterocycles. The maximum Gasteiger partial charge on any atom is 0.275 e. The summed E-state index contributed by atoms with van der Waals surface area (Å²) in [4.78, 5) is 13.2. The van der Waals surface area contributed by atoms with Crippen LogP contribution in [0.2, 0.25) is 10.0 Å². The maximum atomic E-state index is 12.1.